The van der Waals surface area contributed by atoms with Gasteiger partial charge < -0.3 is 4.74 Å². The molecule has 0 saturated heterocycles. The number of carbonyl (C=O) groups is 2. The molecule has 2 aliphatic rings. The summed E-state index contributed by atoms with van der Waals surface area (Å²) in [6.07, 6.45) is 1.88. The normalized spacial score (nSPS) is 31.9. The maximum Gasteiger partial charge on any atom is 0.341 e. The van der Waals surface area contributed by atoms with Gasteiger partial charge in [-0.15, -0.1) is 0 Å². The second-order valence-corrected chi connectivity index (χ2v) is 5.70. The lowest BCUT2D eigenvalue weighted by Crippen LogP contribution is -2.18. The number of methoxy groups -OCH3 is 1. The van der Waals surface area contributed by atoms with E-state index >= 15 is 0 Å². The van der Waals surface area contributed by atoms with Crippen LogP contribution in [-0.2, 0) is 14.3 Å². The zero-order chi connectivity index (χ0) is 12.1. The summed E-state index contributed by atoms with van der Waals surface area (Å²) in [4.78, 5) is 23.7. The van der Waals surface area contributed by atoms with Crippen LogP contribution in [0, 0.1) is 17.3 Å². The molecule has 88 valence electrons. The Labute approximate surface area is 95.9 Å². The van der Waals surface area contributed by atoms with Crippen molar-refractivity contribution in [1.82, 2.24) is 0 Å². The van der Waals surface area contributed by atoms with Crippen LogP contribution in [0.2, 0.25) is 0 Å². The maximum atomic E-state index is 12.1. The zero-order valence-electron chi connectivity index (χ0n) is 10.3. The largest absolute Gasteiger partial charge is 0.465 e. The molecule has 2 rings (SSSR count). The van der Waals surface area contributed by atoms with Gasteiger partial charge in [0.05, 0.1) is 7.11 Å². The summed E-state index contributed by atoms with van der Waals surface area (Å²) in [5.41, 5.74) is 1.47. The number of hydrogen-bond acceptors (Lipinski definition) is 3. The summed E-state index contributed by atoms with van der Waals surface area (Å²) in [7, 11) is 1.33. The van der Waals surface area contributed by atoms with Gasteiger partial charge in [-0.3, -0.25) is 4.79 Å². The highest BCUT2D eigenvalue weighted by molar-refractivity contribution is 6.20. The van der Waals surface area contributed by atoms with Crippen molar-refractivity contribution in [3.05, 3.63) is 11.1 Å². The number of carbonyl (C=O) groups excluding carboxylic acids is 2. The van der Waals surface area contributed by atoms with Crippen LogP contribution in [0.15, 0.2) is 11.1 Å². The zero-order valence-corrected chi connectivity index (χ0v) is 10.3. The summed E-state index contributed by atoms with van der Waals surface area (Å²) in [6.45, 7) is 6.27. The molecule has 0 amide bonds. The molecule has 0 N–H and O–H groups in total. The predicted octanol–water partition coefficient (Wildman–Crippen LogP) is 2.11. The van der Waals surface area contributed by atoms with Crippen LogP contribution in [0.3, 0.4) is 0 Å². The number of ketones is 1. The number of allylic oxidation sites excluding steroid dienone is 1. The Kier molecular flexibility index (Phi) is 2.44. The van der Waals surface area contributed by atoms with Crippen LogP contribution < -0.4 is 0 Å². The van der Waals surface area contributed by atoms with E-state index in [4.69, 9.17) is 0 Å². The first-order valence-corrected chi connectivity index (χ1v) is 5.70. The Morgan fingerprint density at radius 1 is 1.31 bits per heavy atom. The Hall–Kier alpha value is -1.12. The third-order valence-corrected chi connectivity index (χ3v) is 3.95. The molecule has 0 aromatic carbocycles. The van der Waals surface area contributed by atoms with Gasteiger partial charge in [0.25, 0.3) is 0 Å². The number of hydrogen-bond donors (Lipinski definition) is 0. The minimum atomic E-state index is -0.463. The molecule has 16 heavy (non-hydrogen) atoms. The standard InChI is InChI=1S/C13H18O3/c1-7-8-5-13(2,3)6-9(8)11(14)10(7)12(15)16-4/h8-9H,5-6H2,1-4H3/t8-,9-/m1/s1. The molecule has 0 aliphatic heterocycles. The summed E-state index contributed by atoms with van der Waals surface area (Å²) in [6, 6.07) is 0. The third-order valence-electron chi connectivity index (χ3n) is 3.95. The smallest absolute Gasteiger partial charge is 0.341 e. The van der Waals surface area contributed by atoms with E-state index in [2.05, 4.69) is 18.6 Å². The molecule has 0 aromatic heterocycles. The molecule has 0 spiro atoms. The first kappa shape index (κ1) is 11.4. The molecule has 1 saturated carbocycles. The van der Waals surface area contributed by atoms with E-state index in [0.29, 0.717) is 5.57 Å². The van der Waals surface area contributed by atoms with Gasteiger partial charge in [-0.1, -0.05) is 19.4 Å². The van der Waals surface area contributed by atoms with Gasteiger partial charge in [0.15, 0.2) is 5.78 Å². The summed E-state index contributed by atoms with van der Waals surface area (Å²) in [5, 5.41) is 0. The van der Waals surface area contributed by atoms with E-state index in [1.165, 1.54) is 7.11 Å². The van der Waals surface area contributed by atoms with Gasteiger partial charge >= 0.3 is 5.97 Å². The van der Waals surface area contributed by atoms with Crippen LogP contribution in [0.25, 0.3) is 0 Å². The second kappa shape index (κ2) is 3.44. The van der Waals surface area contributed by atoms with Gasteiger partial charge in [-0.25, -0.2) is 4.79 Å². The van der Waals surface area contributed by atoms with Crippen molar-refractivity contribution in [1.29, 1.82) is 0 Å². The van der Waals surface area contributed by atoms with Crippen molar-refractivity contribution in [2.75, 3.05) is 7.11 Å². The first-order valence-electron chi connectivity index (χ1n) is 5.70. The van der Waals surface area contributed by atoms with Crippen LogP contribution in [0.5, 0.6) is 0 Å². The average Bonchev–Trinajstić information content (AvgIpc) is 2.62. The van der Waals surface area contributed by atoms with Gasteiger partial charge in [0.2, 0.25) is 0 Å². The predicted molar refractivity (Wildman–Crippen MR) is 59.7 cm³/mol. The lowest BCUT2D eigenvalue weighted by atomic mass is 9.87. The molecule has 2 atom stereocenters. The fraction of sp³-hybridized carbons (Fsp3) is 0.692. The third kappa shape index (κ3) is 1.49. The Morgan fingerprint density at radius 2 is 1.88 bits per heavy atom. The van der Waals surface area contributed by atoms with E-state index in [-0.39, 0.29) is 23.0 Å². The lowest BCUT2D eigenvalue weighted by molar-refractivity contribution is -0.138. The molecule has 3 heteroatoms. The number of Topliss-reactive ketones (excluding diaryl/α,β-unsaturated/α-hetero) is 1. The Balaban J connectivity index is 2.35. The van der Waals surface area contributed by atoms with Crippen molar-refractivity contribution in [3.8, 4) is 0 Å². The summed E-state index contributed by atoms with van der Waals surface area (Å²) < 4.78 is 4.67. The van der Waals surface area contributed by atoms with Crippen molar-refractivity contribution < 1.29 is 14.3 Å². The first-order chi connectivity index (χ1) is 7.37. The molecule has 0 radical (unpaired) electrons. The molecule has 1 fully saturated rings. The average molecular weight is 222 g/mol. The fourth-order valence-electron chi connectivity index (χ4n) is 3.22. The highest BCUT2D eigenvalue weighted by Gasteiger charge is 2.50. The number of ether oxygens (including phenoxy) is 1. The van der Waals surface area contributed by atoms with Crippen LogP contribution in [0.4, 0.5) is 0 Å². The minimum Gasteiger partial charge on any atom is -0.465 e. The highest BCUT2D eigenvalue weighted by Crippen LogP contribution is 2.53. The van der Waals surface area contributed by atoms with Crippen LogP contribution >= 0.6 is 0 Å². The summed E-state index contributed by atoms with van der Waals surface area (Å²) >= 11 is 0. The Morgan fingerprint density at radius 3 is 2.38 bits per heavy atom. The summed E-state index contributed by atoms with van der Waals surface area (Å²) in [5.74, 6) is -0.185. The molecule has 2 aliphatic carbocycles. The number of rotatable bonds is 1. The molecule has 0 heterocycles. The lowest BCUT2D eigenvalue weighted by Gasteiger charge is -2.18. The van der Waals surface area contributed by atoms with E-state index in [0.717, 1.165) is 18.4 Å². The van der Waals surface area contributed by atoms with Gasteiger partial charge in [-0.05, 0) is 31.1 Å². The van der Waals surface area contributed by atoms with Crippen molar-refractivity contribution in [2.24, 2.45) is 17.3 Å². The quantitative estimate of drug-likeness (QED) is 0.504. The van der Waals surface area contributed by atoms with E-state index in [1.807, 2.05) is 6.92 Å². The maximum absolute atomic E-state index is 12.1. The van der Waals surface area contributed by atoms with Gasteiger partial charge in [0, 0.05) is 5.92 Å². The van der Waals surface area contributed by atoms with E-state index in [1.54, 1.807) is 0 Å². The SMILES string of the molecule is COC(=O)C1=C(C)[C@H]2CC(C)(C)C[C@H]2C1=O. The number of fused-ring (bicyclic) bond motifs is 1. The molecular formula is C13H18O3. The van der Waals surface area contributed by atoms with Crippen molar-refractivity contribution in [3.63, 3.8) is 0 Å². The highest BCUT2D eigenvalue weighted by atomic mass is 16.5. The van der Waals surface area contributed by atoms with Gasteiger partial charge in [-0.2, -0.15) is 0 Å². The van der Waals surface area contributed by atoms with Crippen molar-refractivity contribution in [2.45, 2.75) is 33.6 Å². The van der Waals surface area contributed by atoms with Crippen molar-refractivity contribution >= 4 is 11.8 Å². The molecule has 0 unspecified atom stereocenters. The Bertz CT molecular complexity index is 390. The van der Waals surface area contributed by atoms with Gasteiger partial charge in [0.1, 0.15) is 5.57 Å². The van der Waals surface area contributed by atoms with E-state index in [9.17, 15) is 9.59 Å². The van der Waals surface area contributed by atoms with Crippen LogP contribution in [-0.4, -0.2) is 18.9 Å². The fourth-order valence-corrected chi connectivity index (χ4v) is 3.22. The molecule has 0 aromatic rings. The molecular weight excluding hydrogens is 204 g/mol. The topological polar surface area (TPSA) is 43.4 Å². The minimum absolute atomic E-state index is 0.0000694. The molecule has 0 bridgehead atoms. The second-order valence-electron chi connectivity index (χ2n) is 5.70. The number of esters is 1. The molecule has 3 nitrogen and oxygen atoms in total. The monoisotopic (exact) mass is 222 g/mol. The van der Waals surface area contributed by atoms with E-state index < -0.39 is 5.97 Å². The van der Waals surface area contributed by atoms with Crippen LogP contribution in [0.1, 0.15) is 33.6 Å².